The number of benzene rings is 1. The molecular weight excluding hydrogens is 336 g/mol. The Balaban J connectivity index is 2.35. The molecule has 0 radical (unpaired) electrons. The molecular formula is C11H11BrN2O2S2. The van der Waals surface area contributed by atoms with Gasteiger partial charge in [-0.05, 0) is 45.1 Å². The third-order valence-corrected chi connectivity index (χ3v) is 5.34. The van der Waals surface area contributed by atoms with Gasteiger partial charge in [0, 0.05) is 16.4 Å². The number of rotatable bonds is 4. The van der Waals surface area contributed by atoms with Gasteiger partial charge in [0.05, 0.1) is 5.69 Å². The van der Waals surface area contributed by atoms with Crippen LogP contribution in [0.5, 0.6) is 0 Å². The van der Waals surface area contributed by atoms with Crippen molar-refractivity contribution in [1.82, 2.24) is 0 Å². The van der Waals surface area contributed by atoms with Crippen LogP contribution < -0.4 is 10.5 Å². The fraction of sp³-hybridized carbons (Fsp3) is 0.0909. The van der Waals surface area contributed by atoms with Gasteiger partial charge in [-0.1, -0.05) is 6.07 Å². The molecule has 4 nitrogen and oxygen atoms in total. The van der Waals surface area contributed by atoms with Gasteiger partial charge >= 0.3 is 0 Å². The molecule has 0 spiro atoms. The van der Waals surface area contributed by atoms with Crippen LogP contribution in [0.4, 0.5) is 5.69 Å². The van der Waals surface area contributed by atoms with E-state index >= 15 is 0 Å². The van der Waals surface area contributed by atoms with Gasteiger partial charge in [0.15, 0.2) is 0 Å². The van der Waals surface area contributed by atoms with Crippen LogP contribution in [0.3, 0.4) is 0 Å². The number of halogens is 1. The second kappa shape index (κ2) is 5.40. The Morgan fingerprint density at radius 1 is 1.33 bits per heavy atom. The summed E-state index contributed by atoms with van der Waals surface area (Å²) >= 11 is 4.69. The van der Waals surface area contributed by atoms with Crippen LogP contribution in [0.1, 0.15) is 5.56 Å². The van der Waals surface area contributed by atoms with E-state index in [4.69, 9.17) is 5.73 Å². The van der Waals surface area contributed by atoms with Crippen molar-refractivity contribution in [3.05, 3.63) is 45.1 Å². The van der Waals surface area contributed by atoms with Crippen molar-refractivity contribution in [2.75, 3.05) is 4.72 Å². The van der Waals surface area contributed by atoms with E-state index in [1.165, 1.54) is 11.3 Å². The number of nitrogens with one attached hydrogen (secondary N) is 1. The summed E-state index contributed by atoms with van der Waals surface area (Å²) in [5, 5.41) is 3.55. The predicted octanol–water partition coefficient (Wildman–Crippen LogP) is 2.77. The molecule has 18 heavy (non-hydrogen) atoms. The van der Waals surface area contributed by atoms with Crippen molar-refractivity contribution in [1.29, 1.82) is 0 Å². The molecule has 0 bridgehead atoms. The molecule has 0 aliphatic carbocycles. The highest BCUT2D eigenvalue weighted by Gasteiger charge is 2.17. The van der Waals surface area contributed by atoms with Crippen LogP contribution in [0.2, 0.25) is 0 Å². The van der Waals surface area contributed by atoms with E-state index in [2.05, 4.69) is 20.7 Å². The summed E-state index contributed by atoms with van der Waals surface area (Å²) in [6.07, 6.45) is 0. The lowest BCUT2D eigenvalue weighted by Crippen LogP contribution is -2.13. The largest absolute Gasteiger partial charge is 0.326 e. The third kappa shape index (κ3) is 2.92. The monoisotopic (exact) mass is 346 g/mol. The quantitative estimate of drug-likeness (QED) is 0.893. The maximum absolute atomic E-state index is 12.2. The molecule has 0 fully saturated rings. The number of hydrogen-bond acceptors (Lipinski definition) is 4. The minimum atomic E-state index is -3.57. The lowest BCUT2D eigenvalue weighted by molar-refractivity contribution is 0.600. The van der Waals surface area contributed by atoms with Gasteiger partial charge in [0.1, 0.15) is 4.90 Å². The van der Waals surface area contributed by atoms with Crippen molar-refractivity contribution in [3.63, 3.8) is 0 Å². The Hall–Kier alpha value is -0.890. The summed E-state index contributed by atoms with van der Waals surface area (Å²) in [5.74, 6) is 0. The maximum atomic E-state index is 12.2. The first-order valence-electron chi connectivity index (χ1n) is 5.06. The van der Waals surface area contributed by atoms with Gasteiger partial charge in [-0.25, -0.2) is 8.42 Å². The maximum Gasteiger partial charge on any atom is 0.263 e. The Bertz CT molecular complexity index is 639. The summed E-state index contributed by atoms with van der Waals surface area (Å²) in [4.78, 5) is 0.200. The molecule has 0 atom stereocenters. The van der Waals surface area contributed by atoms with Crippen molar-refractivity contribution < 1.29 is 8.42 Å². The fourth-order valence-corrected chi connectivity index (χ4v) is 4.26. The lowest BCUT2D eigenvalue weighted by Gasteiger charge is -2.09. The van der Waals surface area contributed by atoms with E-state index < -0.39 is 10.0 Å². The summed E-state index contributed by atoms with van der Waals surface area (Å²) in [6, 6.07) is 6.67. The summed E-state index contributed by atoms with van der Waals surface area (Å²) in [5.41, 5.74) is 6.94. The van der Waals surface area contributed by atoms with Crippen LogP contribution in [-0.2, 0) is 16.6 Å². The highest BCUT2D eigenvalue weighted by molar-refractivity contribution is 9.10. The minimum Gasteiger partial charge on any atom is -0.326 e. The fourth-order valence-electron chi connectivity index (χ4n) is 1.42. The van der Waals surface area contributed by atoms with E-state index in [0.29, 0.717) is 16.7 Å². The molecule has 2 rings (SSSR count). The van der Waals surface area contributed by atoms with Gasteiger partial charge in [-0.2, -0.15) is 11.3 Å². The normalized spacial score (nSPS) is 11.4. The second-order valence-electron chi connectivity index (χ2n) is 3.59. The number of thiophene rings is 1. The number of hydrogen-bond donors (Lipinski definition) is 2. The first-order chi connectivity index (χ1) is 8.53. The molecule has 0 aliphatic heterocycles. The molecule has 1 heterocycles. The first kappa shape index (κ1) is 13.5. The smallest absolute Gasteiger partial charge is 0.263 e. The average molecular weight is 347 g/mol. The molecule has 7 heteroatoms. The lowest BCUT2D eigenvalue weighted by atomic mass is 10.2. The van der Waals surface area contributed by atoms with Crippen molar-refractivity contribution in [2.24, 2.45) is 5.73 Å². The Morgan fingerprint density at radius 2 is 2.11 bits per heavy atom. The molecule has 96 valence electrons. The minimum absolute atomic E-state index is 0.200. The van der Waals surface area contributed by atoms with Gasteiger partial charge in [-0.3, -0.25) is 4.72 Å². The standard InChI is InChI=1S/C11H11BrN2O2S2/c12-10-5-8(6-13)1-2-11(10)18(15,16)14-9-3-4-17-7-9/h1-5,7,14H,6,13H2. The Labute approximate surface area is 118 Å². The number of anilines is 1. The Kier molecular flexibility index (Phi) is 4.06. The van der Waals surface area contributed by atoms with E-state index in [-0.39, 0.29) is 4.90 Å². The van der Waals surface area contributed by atoms with E-state index in [9.17, 15) is 8.42 Å². The van der Waals surface area contributed by atoms with E-state index in [1.807, 2.05) is 5.38 Å². The molecule has 0 amide bonds. The van der Waals surface area contributed by atoms with Gasteiger partial charge in [-0.15, -0.1) is 0 Å². The SMILES string of the molecule is NCc1ccc(S(=O)(=O)Nc2ccsc2)c(Br)c1. The highest BCUT2D eigenvalue weighted by atomic mass is 79.9. The molecule has 0 aliphatic rings. The van der Waals surface area contributed by atoms with Crippen LogP contribution >= 0.6 is 27.3 Å². The molecule has 0 saturated carbocycles. The zero-order valence-electron chi connectivity index (χ0n) is 9.26. The van der Waals surface area contributed by atoms with E-state index in [0.717, 1.165) is 5.56 Å². The number of sulfonamides is 1. The average Bonchev–Trinajstić information content (AvgIpc) is 2.80. The molecule has 1 aromatic heterocycles. The number of nitrogens with two attached hydrogens (primary N) is 1. The van der Waals surface area contributed by atoms with Crippen molar-refractivity contribution >= 4 is 43.0 Å². The first-order valence-corrected chi connectivity index (χ1v) is 8.28. The summed E-state index contributed by atoms with van der Waals surface area (Å²) in [6.45, 7) is 0.372. The third-order valence-electron chi connectivity index (χ3n) is 2.29. The van der Waals surface area contributed by atoms with Gasteiger partial charge in [0.2, 0.25) is 0 Å². The summed E-state index contributed by atoms with van der Waals surface area (Å²) < 4.78 is 27.3. The molecule has 2 aromatic rings. The van der Waals surface area contributed by atoms with E-state index in [1.54, 1.807) is 29.6 Å². The predicted molar refractivity (Wildman–Crippen MR) is 77.2 cm³/mol. The van der Waals surface area contributed by atoms with Crippen molar-refractivity contribution in [3.8, 4) is 0 Å². The van der Waals surface area contributed by atoms with Crippen LogP contribution in [0.25, 0.3) is 0 Å². The highest BCUT2D eigenvalue weighted by Crippen LogP contribution is 2.25. The topological polar surface area (TPSA) is 72.2 Å². The van der Waals surface area contributed by atoms with Crippen LogP contribution in [0, 0.1) is 0 Å². The van der Waals surface area contributed by atoms with Crippen LogP contribution in [-0.4, -0.2) is 8.42 Å². The second-order valence-corrected chi connectivity index (χ2v) is 6.87. The molecule has 1 aromatic carbocycles. The zero-order chi connectivity index (χ0) is 13.2. The van der Waals surface area contributed by atoms with Gasteiger partial charge < -0.3 is 5.73 Å². The summed E-state index contributed by atoms with van der Waals surface area (Å²) in [7, 11) is -3.57. The van der Waals surface area contributed by atoms with Crippen molar-refractivity contribution in [2.45, 2.75) is 11.4 Å². The van der Waals surface area contributed by atoms with Gasteiger partial charge in [0.25, 0.3) is 10.0 Å². The molecule has 0 unspecified atom stereocenters. The molecule has 0 saturated heterocycles. The van der Waals surface area contributed by atoms with Crippen LogP contribution in [0.15, 0.2) is 44.4 Å². The Morgan fingerprint density at radius 3 is 2.67 bits per heavy atom. The zero-order valence-corrected chi connectivity index (χ0v) is 12.5. The molecule has 3 N–H and O–H groups in total.